The second-order valence-electron chi connectivity index (χ2n) is 2.83. The molecule has 0 unspecified atom stereocenters. The van der Waals surface area contributed by atoms with E-state index >= 15 is 0 Å². The summed E-state index contributed by atoms with van der Waals surface area (Å²) < 4.78 is 61.0. The van der Waals surface area contributed by atoms with E-state index in [2.05, 4.69) is 0 Å². The Morgan fingerprint density at radius 2 is 1.80 bits per heavy atom. The molecule has 0 saturated heterocycles. The predicted molar refractivity (Wildman–Crippen MR) is 71.7 cm³/mol. The van der Waals surface area contributed by atoms with E-state index in [0.717, 1.165) is 16.0 Å². The molecule has 0 aliphatic carbocycles. The second kappa shape index (κ2) is 4.40. The van der Waals surface area contributed by atoms with Crippen molar-refractivity contribution in [2.45, 2.75) is 0 Å². The minimum atomic E-state index is -2.17. The number of benzene rings is 1. The Hall–Kier alpha value is -0.120. The summed E-state index contributed by atoms with van der Waals surface area (Å²) >= 11 is 1.15. The first-order valence-corrected chi connectivity index (χ1v) is 7.29. The Kier molecular flexibility index (Phi) is 1.47. The molecule has 8 N–H and O–H groups in total. The molecular weight excluding hydrogens is 246 g/mol. The maximum Gasteiger partial charge on any atom is 0.125 e. The highest BCUT2D eigenvalue weighted by molar-refractivity contribution is 7.73. The van der Waals surface area contributed by atoms with Crippen LogP contribution in [0.3, 0.4) is 0 Å². The minimum absolute atomic E-state index is 0.244. The van der Waals surface area contributed by atoms with Crippen molar-refractivity contribution < 1.29 is 11.3 Å². The molecule has 15 heavy (non-hydrogen) atoms. The van der Waals surface area contributed by atoms with E-state index < -0.39 is 16.4 Å². The molecule has 80 valence electrons. The van der Waals surface area contributed by atoms with Crippen molar-refractivity contribution in [3.8, 4) is 0 Å². The van der Waals surface area contributed by atoms with Crippen LogP contribution in [0.25, 0.3) is 10.1 Å². The van der Waals surface area contributed by atoms with Gasteiger partial charge >= 0.3 is 0 Å². The van der Waals surface area contributed by atoms with E-state index in [4.69, 9.17) is 11.3 Å². The molecule has 0 spiro atoms. The summed E-state index contributed by atoms with van der Waals surface area (Å²) in [6.07, 6.45) is 0. The normalized spacial score (nSPS) is 20.4. The standard InChI is InChI=1S/C8H12N4P2S/c9-13(10)7-5-3-1-2-4-6(5)15-8(7)14(11)12/h1-4H,9-12H2/i/hT8. The average Bonchev–Trinajstić information content (AvgIpc) is 2.76. The van der Waals surface area contributed by atoms with Crippen molar-refractivity contribution in [2.75, 3.05) is 0 Å². The van der Waals surface area contributed by atoms with Gasteiger partial charge in [-0.2, -0.15) is 0 Å². The van der Waals surface area contributed by atoms with Crippen LogP contribution in [-0.4, -0.2) is 0 Å². The maximum absolute atomic E-state index is 7.51. The largest absolute Gasteiger partial charge is 0.294 e. The maximum atomic E-state index is 7.51. The zero-order valence-electron chi connectivity index (χ0n) is 15.4. The summed E-state index contributed by atoms with van der Waals surface area (Å²) in [6.45, 7) is 0. The lowest BCUT2D eigenvalue weighted by molar-refractivity contribution is 1.79. The van der Waals surface area contributed by atoms with E-state index in [0.29, 0.717) is 5.39 Å². The molecule has 2 aromatic rings. The molecule has 1 aromatic heterocycles. The second-order valence-corrected chi connectivity index (χ2v) is 6.24. The number of nitrogens with two attached hydrogens (primary N) is 4. The van der Waals surface area contributed by atoms with Gasteiger partial charge in [0.25, 0.3) is 0 Å². The molecule has 0 saturated carbocycles. The van der Waals surface area contributed by atoms with Crippen LogP contribution < -0.4 is 31.9 Å². The molecule has 0 atom stereocenters. The van der Waals surface area contributed by atoms with Crippen LogP contribution in [0.5, 0.6) is 0 Å². The van der Waals surface area contributed by atoms with Crippen molar-refractivity contribution in [1.82, 2.24) is 0 Å². The molecule has 0 bridgehead atoms. The molecule has 0 fully saturated rings. The van der Waals surface area contributed by atoms with Crippen molar-refractivity contribution in [3.63, 3.8) is 0 Å². The zero-order valence-corrected chi connectivity index (χ0v) is 10.0. The van der Waals surface area contributed by atoms with Gasteiger partial charge in [-0.3, -0.25) is 22.0 Å². The van der Waals surface area contributed by atoms with Crippen molar-refractivity contribution in [2.24, 2.45) is 22.0 Å². The quantitative estimate of drug-likeness (QED) is 0.579. The van der Waals surface area contributed by atoms with Crippen LogP contribution in [-0.2, 0) is 0 Å². The lowest BCUT2D eigenvalue weighted by atomic mass is 10.3. The number of rotatable bonds is 6. The fourth-order valence-corrected chi connectivity index (χ4v) is 4.70. The smallest absolute Gasteiger partial charge is 0.125 e. The summed E-state index contributed by atoms with van der Waals surface area (Å²) in [5.74, 6) is 0. The first-order chi connectivity index (χ1) is 10.8. The minimum Gasteiger partial charge on any atom is -0.294 e. The van der Waals surface area contributed by atoms with Crippen LogP contribution >= 0.6 is 27.8 Å². The summed E-state index contributed by atoms with van der Waals surface area (Å²) in [6, 6.07) is 6.97. The molecule has 0 amide bonds. The number of fused-ring (bicyclic) bond motifs is 1. The summed E-state index contributed by atoms with van der Waals surface area (Å²) in [4.78, 5) is 0. The Morgan fingerprint density at radius 1 is 1.07 bits per heavy atom. The number of hydrogen-bond acceptors (Lipinski definition) is 5. The monoisotopic (exact) mass is 274 g/mol. The first-order valence-electron chi connectivity index (χ1n) is 7.56. The Balaban J connectivity index is 2.76. The van der Waals surface area contributed by atoms with Gasteiger partial charge in [-0.25, -0.2) is 0 Å². The van der Waals surface area contributed by atoms with Crippen LogP contribution in [0.15, 0.2) is 24.3 Å². The fourth-order valence-electron chi connectivity index (χ4n) is 1.35. The fraction of sp³-hybridized carbons (Fsp3) is 0. The summed E-state index contributed by atoms with van der Waals surface area (Å²) in [5.41, 5.74) is 0.982. The molecule has 7 heteroatoms. The third-order valence-corrected chi connectivity index (χ3v) is 5.45. The topological polar surface area (TPSA) is 104 Å². The van der Waals surface area contributed by atoms with E-state index in [1.54, 1.807) is 24.3 Å². The van der Waals surface area contributed by atoms with Crippen LogP contribution in [0.2, 0.25) is 11.3 Å². The van der Waals surface area contributed by atoms with Crippen LogP contribution in [0.1, 0.15) is 0 Å². The van der Waals surface area contributed by atoms with E-state index in [9.17, 15) is 0 Å². The van der Waals surface area contributed by atoms with Crippen LogP contribution in [0.4, 0.5) is 0 Å². The Labute approximate surface area is 106 Å². The van der Waals surface area contributed by atoms with Gasteiger partial charge in [-0.1, -0.05) is 18.2 Å². The van der Waals surface area contributed by atoms with Gasteiger partial charge in [0.15, 0.2) is 0 Å². The highest BCUT2D eigenvalue weighted by atomic mass is 32.1. The van der Waals surface area contributed by atoms with Crippen molar-refractivity contribution >= 4 is 47.8 Å². The molecule has 4 nitrogen and oxygen atoms in total. The van der Waals surface area contributed by atoms with E-state index in [1.165, 1.54) is 0 Å². The third-order valence-electron chi connectivity index (χ3n) is 1.93. The molecule has 0 aliphatic heterocycles. The van der Waals surface area contributed by atoms with E-state index in [-0.39, 0.29) is 31.9 Å². The highest BCUT2D eigenvalue weighted by Crippen LogP contribution is 2.31. The van der Waals surface area contributed by atoms with Gasteiger partial charge in [0.2, 0.25) is 0 Å². The van der Waals surface area contributed by atoms with Gasteiger partial charge in [0.1, 0.15) is 11.3 Å². The SMILES string of the molecule is [3H]N([3H])P(c1sc2ccccc2c1P(N([3H])[3H])N([3H])[3H])N([3H])[3H]. The molecule has 1 aromatic carbocycles. The summed E-state index contributed by atoms with van der Waals surface area (Å²) in [5, 5.41) is 0.888. The van der Waals surface area contributed by atoms with Gasteiger partial charge < -0.3 is 0 Å². The zero-order chi connectivity index (χ0) is 17.3. The molecule has 1 heterocycles. The van der Waals surface area contributed by atoms with Gasteiger partial charge in [0, 0.05) is 15.4 Å². The summed E-state index contributed by atoms with van der Waals surface area (Å²) in [7, 11) is -4.31. The van der Waals surface area contributed by atoms with Gasteiger partial charge in [-0.15, -0.1) is 11.3 Å². The molecule has 0 radical (unpaired) electrons. The lowest BCUT2D eigenvalue weighted by Gasteiger charge is -2.09. The molecular formula is C8H12N4P2S. The lowest BCUT2D eigenvalue weighted by Crippen LogP contribution is -2.27. The third kappa shape index (κ3) is 2.05. The molecule has 2 rings (SSSR count). The number of hydrogen-bond donors (Lipinski definition) is 4. The number of thiophene rings is 1. The van der Waals surface area contributed by atoms with E-state index in [1.807, 2.05) is 0 Å². The Bertz CT molecular complexity index is 655. The predicted octanol–water partition coefficient (Wildman–Crippen LogP) is 0.611. The highest BCUT2D eigenvalue weighted by Gasteiger charge is 2.18. The van der Waals surface area contributed by atoms with Gasteiger partial charge in [0.05, 0.1) is 21.1 Å². The Morgan fingerprint density at radius 3 is 2.53 bits per heavy atom. The average molecular weight is 274 g/mol. The van der Waals surface area contributed by atoms with Crippen molar-refractivity contribution in [3.05, 3.63) is 24.3 Å². The van der Waals surface area contributed by atoms with Crippen LogP contribution in [0, 0.1) is 0 Å². The van der Waals surface area contributed by atoms with Gasteiger partial charge in [-0.05, 0) is 6.07 Å². The van der Waals surface area contributed by atoms with Crippen molar-refractivity contribution in [1.29, 1.82) is 0 Å². The first kappa shape index (κ1) is 5.03. The molecule has 0 aliphatic rings.